The van der Waals surface area contributed by atoms with Gasteiger partial charge in [-0.15, -0.1) is 13.8 Å². The smallest absolute Gasteiger partial charge is 0.326 e. The molecule has 0 saturated heterocycles. The van der Waals surface area contributed by atoms with E-state index in [-0.39, 0.29) is 0 Å². The molecule has 4 aromatic rings. The molecule has 0 unspecified atom stereocenters. The highest BCUT2D eigenvalue weighted by Crippen LogP contribution is 2.39. The Balaban J connectivity index is 0.000000418. The van der Waals surface area contributed by atoms with Crippen LogP contribution in [0.2, 0.25) is 0 Å². The molecule has 0 saturated carbocycles. The van der Waals surface area contributed by atoms with Crippen LogP contribution in [0.15, 0.2) is 65.3 Å². The highest BCUT2D eigenvalue weighted by atomic mass is 79.9. The van der Waals surface area contributed by atoms with Gasteiger partial charge in [0.1, 0.15) is 0 Å². The first kappa shape index (κ1) is 22.1. The number of pyridine rings is 1. The quantitative estimate of drug-likeness (QED) is 0.273. The first-order valence-electron chi connectivity index (χ1n) is 8.94. The third kappa shape index (κ3) is 5.04. The number of rotatable bonds is 1. The van der Waals surface area contributed by atoms with Crippen molar-refractivity contribution in [2.45, 2.75) is 0 Å². The molecule has 1 N–H and O–H groups in total. The second-order valence-corrected chi connectivity index (χ2v) is 9.28. The number of hydrogen-bond acceptors (Lipinski definition) is 6. The third-order valence-corrected chi connectivity index (χ3v) is 5.74. The van der Waals surface area contributed by atoms with Gasteiger partial charge in [0.05, 0.1) is 16.8 Å². The molecule has 1 aromatic heterocycles. The molecule has 31 heavy (non-hydrogen) atoms. The minimum absolute atomic E-state index is 0.703. The summed E-state index contributed by atoms with van der Waals surface area (Å²) in [6.07, 6.45) is 4.10. The Hall–Kier alpha value is -2.11. The van der Waals surface area contributed by atoms with Crippen LogP contribution in [0.4, 0.5) is 5.69 Å². The normalized spacial score (nSPS) is 13.2. The van der Waals surface area contributed by atoms with Gasteiger partial charge in [0, 0.05) is 21.4 Å². The Bertz CT molecular complexity index is 1300. The molecule has 0 radical (unpaired) electrons. The molecule has 0 amide bonds. The van der Waals surface area contributed by atoms with Crippen LogP contribution in [-0.2, 0) is 0 Å². The fraction of sp³-hybridized carbons (Fsp3) is 0.0476. The Morgan fingerprint density at radius 2 is 1.68 bits per heavy atom. The maximum atomic E-state index is 8.49. The third-order valence-electron chi connectivity index (χ3n) is 4.75. The van der Waals surface area contributed by atoms with Crippen molar-refractivity contribution in [3.05, 3.63) is 70.8 Å². The molecular formula is C21H14Br2ClN3O4. The highest BCUT2D eigenvalue weighted by molar-refractivity contribution is 9.10. The van der Waals surface area contributed by atoms with Crippen molar-refractivity contribution in [3.63, 3.8) is 0 Å². The summed E-state index contributed by atoms with van der Waals surface area (Å²) < 4.78 is 37.0. The monoisotopic (exact) mass is 565 g/mol. The predicted molar refractivity (Wildman–Crippen MR) is 115 cm³/mol. The van der Waals surface area contributed by atoms with E-state index >= 15 is 0 Å². The van der Waals surface area contributed by atoms with Gasteiger partial charge in [0.25, 0.3) is 0 Å². The topological polar surface area (TPSA) is 120 Å². The van der Waals surface area contributed by atoms with E-state index < -0.39 is 10.2 Å². The lowest BCUT2D eigenvalue weighted by Crippen LogP contribution is -2.68. The SMILES string of the molecule is Brc1ccc(-c2cc3ncc4ccccc4c3c3c2C=[N+](Br)CN3)cc1.[O-][Cl+3]([O-])([O-])[O-]. The molecule has 1 aliphatic heterocycles. The van der Waals surface area contributed by atoms with Crippen LogP contribution < -0.4 is 24.0 Å². The van der Waals surface area contributed by atoms with Gasteiger partial charge in [0.15, 0.2) is 6.21 Å². The van der Waals surface area contributed by atoms with Crippen LogP contribution >= 0.6 is 32.1 Å². The van der Waals surface area contributed by atoms with Crippen LogP contribution in [0.1, 0.15) is 5.56 Å². The Morgan fingerprint density at radius 1 is 1.00 bits per heavy atom. The second-order valence-electron chi connectivity index (χ2n) is 6.70. The lowest BCUT2D eigenvalue weighted by atomic mass is 9.93. The Kier molecular flexibility index (Phi) is 6.27. The van der Waals surface area contributed by atoms with E-state index in [0.717, 1.165) is 21.1 Å². The summed E-state index contributed by atoms with van der Waals surface area (Å²) in [5, 5.41) is 7.12. The molecule has 7 nitrogen and oxygen atoms in total. The minimum atomic E-state index is -4.94. The summed E-state index contributed by atoms with van der Waals surface area (Å²) in [6.45, 7) is 0.703. The van der Waals surface area contributed by atoms with E-state index in [1.807, 2.05) is 9.80 Å². The number of halogens is 3. The molecule has 2 heterocycles. The van der Waals surface area contributed by atoms with Crippen molar-refractivity contribution in [3.8, 4) is 11.1 Å². The van der Waals surface area contributed by atoms with Crippen molar-refractivity contribution in [1.29, 1.82) is 0 Å². The van der Waals surface area contributed by atoms with Crippen molar-refractivity contribution in [2.75, 3.05) is 12.0 Å². The van der Waals surface area contributed by atoms with Gasteiger partial charge in [0.2, 0.25) is 6.67 Å². The molecule has 0 spiro atoms. The summed E-state index contributed by atoms with van der Waals surface area (Å²) in [4.78, 5) is 4.75. The maximum absolute atomic E-state index is 8.49. The first-order chi connectivity index (χ1) is 14.7. The number of benzene rings is 3. The van der Waals surface area contributed by atoms with Gasteiger partial charge in [-0.25, -0.2) is 18.6 Å². The van der Waals surface area contributed by atoms with E-state index in [1.165, 1.54) is 27.5 Å². The average molecular weight is 568 g/mol. The van der Waals surface area contributed by atoms with E-state index in [1.54, 1.807) is 0 Å². The standard InChI is InChI=1S/C21H13Br2N3.ClHO4/c22-15-7-5-13(6-8-15)17-9-19-20(21-18(17)11-26(23)12-25-21)16-4-2-1-3-14(16)10-24-19;2-1(3,4)5/h1-11H,12H2;(H,2,3,4,5). The van der Waals surface area contributed by atoms with Crippen molar-refractivity contribution < 1.29 is 32.5 Å². The minimum Gasteiger partial charge on any atom is -0.329 e. The first-order valence-corrected chi connectivity index (χ1v) is 11.7. The van der Waals surface area contributed by atoms with E-state index in [2.05, 4.69) is 98.2 Å². The van der Waals surface area contributed by atoms with Crippen molar-refractivity contribution >= 4 is 65.7 Å². The maximum Gasteiger partial charge on any atom is 0.326 e. The van der Waals surface area contributed by atoms with Crippen LogP contribution in [0, 0.1) is 10.2 Å². The molecule has 5 rings (SSSR count). The largest absolute Gasteiger partial charge is 0.329 e. The molecule has 10 heteroatoms. The van der Waals surface area contributed by atoms with Gasteiger partial charge in [-0.1, -0.05) is 52.3 Å². The second kappa shape index (κ2) is 8.79. The fourth-order valence-electron chi connectivity index (χ4n) is 3.56. The summed E-state index contributed by atoms with van der Waals surface area (Å²) in [6, 6.07) is 19.0. The molecule has 1 aliphatic rings. The fourth-order valence-corrected chi connectivity index (χ4v) is 4.16. The van der Waals surface area contributed by atoms with Crippen LogP contribution in [0.5, 0.6) is 0 Å². The number of aromatic nitrogens is 1. The van der Waals surface area contributed by atoms with Crippen molar-refractivity contribution in [1.82, 2.24) is 4.98 Å². The Morgan fingerprint density at radius 3 is 2.39 bits per heavy atom. The molecular weight excluding hydrogens is 554 g/mol. The lowest BCUT2D eigenvalue weighted by molar-refractivity contribution is -2.00. The molecule has 0 atom stereocenters. The van der Waals surface area contributed by atoms with E-state index in [9.17, 15) is 0 Å². The Labute approximate surface area is 196 Å². The van der Waals surface area contributed by atoms with Gasteiger partial charge in [-0.3, -0.25) is 4.98 Å². The zero-order valence-corrected chi connectivity index (χ0v) is 19.6. The summed E-state index contributed by atoms with van der Waals surface area (Å²) in [7, 11) is -4.94. The zero-order chi connectivity index (χ0) is 22.2. The molecule has 0 fully saturated rings. The highest BCUT2D eigenvalue weighted by Gasteiger charge is 2.22. The van der Waals surface area contributed by atoms with Crippen LogP contribution in [-0.4, -0.2) is 21.5 Å². The summed E-state index contributed by atoms with van der Waals surface area (Å²) in [5.41, 5.74) is 5.65. The number of nitrogens with zero attached hydrogens (tertiary/aromatic N) is 2. The van der Waals surface area contributed by atoms with E-state index in [0.29, 0.717) is 6.67 Å². The number of hydrogen-bond donors (Lipinski definition) is 1. The molecule has 0 bridgehead atoms. The summed E-state index contributed by atoms with van der Waals surface area (Å²) in [5.74, 6) is 0. The van der Waals surface area contributed by atoms with Crippen LogP contribution in [0.3, 0.4) is 0 Å². The van der Waals surface area contributed by atoms with Gasteiger partial charge >= 0.3 is 16.1 Å². The average Bonchev–Trinajstić information content (AvgIpc) is 2.72. The van der Waals surface area contributed by atoms with Gasteiger partial charge in [-0.05, 0) is 34.7 Å². The lowest BCUT2D eigenvalue weighted by Gasteiger charge is -2.19. The predicted octanol–water partition coefficient (Wildman–Crippen LogP) is 1.19. The molecule has 0 aliphatic carbocycles. The van der Waals surface area contributed by atoms with Crippen molar-refractivity contribution in [2.24, 2.45) is 0 Å². The van der Waals surface area contributed by atoms with E-state index in [4.69, 9.17) is 23.6 Å². The number of fused-ring (bicyclic) bond motifs is 5. The summed E-state index contributed by atoms with van der Waals surface area (Å²) >= 11 is 7.10. The number of anilines is 1. The molecule has 158 valence electrons. The van der Waals surface area contributed by atoms with Gasteiger partial charge < -0.3 is 5.32 Å². The zero-order valence-electron chi connectivity index (χ0n) is 15.7. The van der Waals surface area contributed by atoms with Crippen LogP contribution in [0.25, 0.3) is 32.8 Å². The van der Waals surface area contributed by atoms with Gasteiger partial charge in [-0.2, -0.15) is 0 Å². The number of nitrogens with one attached hydrogen (secondary N) is 1. The molecule has 3 aromatic carbocycles.